The molecule has 0 saturated carbocycles. The van der Waals surface area contributed by atoms with Gasteiger partial charge in [0.25, 0.3) is 5.56 Å². The number of pyridine rings is 1. The molecule has 0 atom stereocenters. The van der Waals surface area contributed by atoms with Gasteiger partial charge in [0.1, 0.15) is 6.10 Å². The molecule has 4 nitrogen and oxygen atoms in total. The zero-order valence-electron chi connectivity index (χ0n) is 15.3. The van der Waals surface area contributed by atoms with E-state index in [4.69, 9.17) is 4.74 Å². The molecule has 1 saturated heterocycles. The average Bonchev–Trinajstić information content (AvgIpc) is 2.59. The molecule has 1 aromatic carbocycles. The minimum absolute atomic E-state index is 0.0300. The lowest BCUT2D eigenvalue weighted by atomic mass is 10.0. The van der Waals surface area contributed by atoms with Crippen LogP contribution in [0.1, 0.15) is 39.2 Å². The lowest BCUT2D eigenvalue weighted by Gasteiger charge is -2.33. The summed E-state index contributed by atoms with van der Waals surface area (Å²) in [6.07, 6.45) is 4.09. The quantitative estimate of drug-likeness (QED) is 0.897. The highest BCUT2D eigenvalue weighted by molar-refractivity contribution is 5.86. The molecule has 0 unspecified atom stereocenters. The fourth-order valence-electron chi connectivity index (χ4n) is 3.64. The molecule has 2 aromatic rings. The van der Waals surface area contributed by atoms with Gasteiger partial charge in [0.2, 0.25) is 0 Å². The minimum Gasteiger partial charge on any atom is -0.487 e. The number of rotatable bonds is 5. The Hall–Kier alpha value is -1.88. The van der Waals surface area contributed by atoms with Gasteiger partial charge in [0, 0.05) is 31.2 Å². The maximum absolute atomic E-state index is 15.0. The summed E-state index contributed by atoms with van der Waals surface area (Å²) in [6, 6.07) is 3.26. The van der Waals surface area contributed by atoms with Crippen LogP contribution in [0.2, 0.25) is 0 Å². The zero-order valence-corrected chi connectivity index (χ0v) is 15.3. The van der Waals surface area contributed by atoms with E-state index in [0.717, 1.165) is 38.0 Å². The fraction of sp³-hybridized carbons (Fsp3) is 0.550. The number of nitrogens with zero attached hydrogens (tertiary/aromatic N) is 1. The van der Waals surface area contributed by atoms with E-state index < -0.39 is 5.82 Å². The van der Waals surface area contributed by atoms with Crippen LogP contribution in [0.4, 0.5) is 4.39 Å². The molecule has 1 fully saturated rings. The molecule has 3 rings (SSSR count). The third-order valence-electron chi connectivity index (χ3n) is 4.88. The number of hydrogen-bond donors (Lipinski definition) is 1. The van der Waals surface area contributed by atoms with E-state index in [-0.39, 0.29) is 17.4 Å². The lowest BCUT2D eigenvalue weighted by Crippen LogP contribution is -2.40. The van der Waals surface area contributed by atoms with Crippen LogP contribution in [0, 0.1) is 11.7 Å². The van der Waals surface area contributed by atoms with Gasteiger partial charge in [-0.05, 0) is 42.9 Å². The molecule has 1 aliphatic rings. The van der Waals surface area contributed by atoms with Crippen molar-refractivity contribution in [1.82, 2.24) is 9.88 Å². The van der Waals surface area contributed by atoms with E-state index in [1.54, 1.807) is 18.3 Å². The Morgan fingerprint density at radius 1 is 1.32 bits per heavy atom. The third kappa shape index (κ3) is 3.87. The van der Waals surface area contributed by atoms with Crippen molar-refractivity contribution in [2.45, 2.75) is 46.1 Å². The second-order valence-corrected chi connectivity index (χ2v) is 7.31. The summed E-state index contributed by atoms with van der Waals surface area (Å²) in [5, 5.41) is 0.775. The number of H-pyrrole nitrogens is 1. The van der Waals surface area contributed by atoms with Crippen LogP contribution in [0.25, 0.3) is 10.8 Å². The Balaban J connectivity index is 1.79. The highest BCUT2D eigenvalue weighted by atomic mass is 19.1. The van der Waals surface area contributed by atoms with Crippen molar-refractivity contribution in [3.05, 3.63) is 40.1 Å². The summed E-state index contributed by atoms with van der Waals surface area (Å²) in [4.78, 5) is 17.1. The smallest absolute Gasteiger partial charge is 0.255 e. The summed E-state index contributed by atoms with van der Waals surface area (Å²) in [5.74, 6) is 0.501. The summed E-state index contributed by atoms with van der Waals surface area (Å²) < 4.78 is 21.0. The van der Waals surface area contributed by atoms with Crippen molar-refractivity contribution in [2.75, 3.05) is 19.6 Å². The first-order valence-corrected chi connectivity index (χ1v) is 9.21. The van der Waals surface area contributed by atoms with E-state index in [0.29, 0.717) is 23.1 Å². The Morgan fingerprint density at radius 2 is 2.04 bits per heavy atom. The van der Waals surface area contributed by atoms with Crippen molar-refractivity contribution in [3.8, 4) is 5.75 Å². The molecule has 1 N–H and O–H groups in total. The molecule has 0 amide bonds. The second kappa shape index (κ2) is 7.56. The van der Waals surface area contributed by atoms with Crippen LogP contribution in [0.5, 0.6) is 5.75 Å². The van der Waals surface area contributed by atoms with Crippen molar-refractivity contribution in [3.63, 3.8) is 0 Å². The number of benzene rings is 1. The normalized spacial score (nSPS) is 16.7. The second-order valence-electron chi connectivity index (χ2n) is 7.31. The van der Waals surface area contributed by atoms with Crippen LogP contribution >= 0.6 is 0 Å². The first-order valence-electron chi connectivity index (χ1n) is 9.21. The van der Waals surface area contributed by atoms with Crippen molar-refractivity contribution < 1.29 is 9.13 Å². The molecule has 0 bridgehead atoms. The lowest BCUT2D eigenvalue weighted by molar-refractivity contribution is 0.0913. The molecule has 5 heteroatoms. The zero-order chi connectivity index (χ0) is 18.0. The summed E-state index contributed by atoms with van der Waals surface area (Å²) in [5.41, 5.74) is 0.531. The predicted octanol–water partition coefficient (Wildman–Crippen LogP) is 3.73. The van der Waals surface area contributed by atoms with Crippen LogP contribution in [0.3, 0.4) is 0 Å². The average molecular weight is 346 g/mol. The van der Waals surface area contributed by atoms with E-state index in [1.807, 2.05) is 6.92 Å². The molecule has 0 spiro atoms. The third-order valence-corrected chi connectivity index (χ3v) is 4.88. The number of nitrogens with one attached hydrogen (secondary N) is 1. The van der Waals surface area contributed by atoms with Gasteiger partial charge < -0.3 is 14.6 Å². The molecule has 2 heterocycles. The summed E-state index contributed by atoms with van der Waals surface area (Å²) >= 11 is 0. The van der Waals surface area contributed by atoms with Gasteiger partial charge >= 0.3 is 0 Å². The molecule has 0 aliphatic carbocycles. The summed E-state index contributed by atoms with van der Waals surface area (Å²) in [6.45, 7) is 9.46. The number of aromatic amines is 1. The monoisotopic (exact) mass is 346 g/mol. The van der Waals surface area contributed by atoms with Gasteiger partial charge in [-0.2, -0.15) is 0 Å². The molecule has 1 aliphatic heterocycles. The first-order chi connectivity index (χ1) is 12.0. The van der Waals surface area contributed by atoms with Crippen LogP contribution in [0.15, 0.2) is 23.1 Å². The highest BCUT2D eigenvalue weighted by Gasteiger charge is 2.23. The molecule has 25 heavy (non-hydrogen) atoms. The van der Waals surface area contributed by atoms with Gasteiger partial charge in [0.15, 0.2) is 11.6 Å². The van der Waals surface area contributed by atoms with E-state index in [9.17, 15) is 4.79 Å². The first kappa shape index (κ1) is 17.9. The van der Waals surface area contributed by atoms with Crippen LogP contribution < -0.4 is 10.3 Å². The number of piperidine rings is 1. The number of hydrogen-bond acceptors (Lipinski definition) is 3. The number of aryl methyl sites for hydroxylation is 1. The molecule has 136 valence electrons. The van der Waals surface area contributed by atoms with E-state index in [1.165, 1.54) is 0 Å². The number of likely N-dealkylation sites (tertiary alicyclic amines) is 1. The van der Waals surface area contributed by atoms with Crippen molar-refractivity contribution >= 4 is 10.8 Å². The van der Waals surface area contributed by atoms with Gasteiger partial charge in [0.05, 0.1) is 5.39 Å². The number of fused-ring (bicyclic) bond motifs is 1. The Kier molecular flexibility index (Phi) is 5.42. The number of ether oxygens (including phenoxy) is 1. The van der Waals surface area contributed by atoms with Gasteiger partial charge in [-0.25, -0.2) is 4.39 Å². The van der Waals surface area contributed by atoms with Crippen molar-refractivity contribution in [1.29, 1.82) is 0 Å². The van der Waals surface area contributed by atoms with Gasteiger partial charge in [-0.1, -0.05) is 20.8 Å². The number of aromatic nitrogens is 1. The highest BCUT2D eigenvalue weighted by Crippen LogP contribution is 2.29. The topological polar surface area (TPSA) is 45.3 Å². The minimum atomic E-state index is -0.412. The van der Waals surface area contributed by atoms with Crippen LogP contribution in [-0.2, 0) is 6.42 Å². The van der Waals surface area contributed by atoms with E-state index >= 15 is 4.39 Å². The molecular weight excluding hydrogens is 319 g/mol. The Bertz CT molecular complexity index is 792. The SMILES string of the molecule is CCc1c[nH]c(=O)c2ccc(OC3CCN(CC(C)C)CC3)c(F)c12. The maximum atomic E-state index is 15.0. The fourth-order valence-corrected chi connectivity index (χ4v) is 3.64. The molecule has 1 aromatic heterocycles. The molecular formula is C20H27FN2O2. The maximum Gasteiger partial charge on any atom is 0.255 e. The predicted molar refractivity (Wildman–Crippen MR) is 98.8 cm³/mol. The van der Waals surface area contributed by atoms with Gasteiger partial charge in [-0.3, -0.25) is 4.79 Å². The largest absolute Gasteiger partial charge is 0.487 e. The Morgan fingerprint density at radius 3 is 2.68 bits per heavy atom. The molecule has 0 radical (unpaired) electrons. The Labute approximate surface area is 148 Å². The van der Waals surface area contributed by atoms with Gasteiger partial charge in [-0.15, -0.1) is 0 Å². The van der Waals surface area contributed by atoms with Crippen molar-refractivity contribution in [2.24, 2.45) is 5.92 Å². The van der Waals surface area contributed by atoms with Crippen LogP contribution in [-0.4, -0.2) is 35.6 Å². The standard InChI is InChI=1S/C20H27FN2O2/c1-4-14-11-22-20(24)16-5-6-17(19(21)18(14)16)25-15-7-9-23(10-8-15)12-13(2)3/h5-6,11,13,15H,4,7-10,12H2,1-3H3,(H,22,24). The van der Waals surface area contributed by atoms with E-state index in [2.05, 4.69) is 23.7 Å². The summed E-state index contributed by atoms with van der Waals surface area (Å²) in [7, 11) is 0. The number of halogens is 1.